The maximum absolute atomic E-state index is 11.1. The highest BCUT2D eigenvalue weighted by atomic mass is 16.5. The molecule has 0 spiro atoms. The Labute approximate surface area is 205 Å². The van der Waals surface area contributed by atoms with Crippen molar-refractivity contribution < 1.29 is 14.7 Å². The van der Waals surface area contributed by atoms with Crippen LogP contribution in [0.4, 0.5) is 0 Å². The Morgan fingerprint density at radius 3 is 2.60 bits per heavy atom. The van der Waals surface area contributed by atoms with Crippen LogP contribution in [0.15, 0.2) is 85.1 Å². The van der Waals surface area contributed by atoms with E-state index in [0.29, 0.717) is 6.61 Å². The lowest BCUT2D eigenvalue weighted by Crippen LogP contribution is -2.16. The summed E-state index contributed by atoms with van der Waals surface area (Å²) in [4.78, 5) is 14.4. The molecule has 180 valence electrons. The molecule has 6 heteroatoms. The van der Waals surface area contributed by atoms with Crippen molar-refractivity contribution in [2.45, 2.75) is 25.8 Å². The summed E-state index contributed by atoms with van der Waals surface area (Å²) >= 11 is 0. The average molecular weight is 470 g/mol. The average Bonchev–Trinajstić information content (AvgIpc) is 3.31. The number of aromatic nitrogens is 1. The zero-order chi connectivity index (χ0) is 24.3. The third-order valence-corrected chi connectivity index (χ3v) is 5.88. The van der Waals surface area contributed by atoms with Crippen LogP contribution in [0.2, 0.25) is 0 Å². The van der Waals surface area contributed by atoms with Crippen LogP contribution in [0.1, 0.15) is 28.7 Å². The van der Waals surface area contributed by atoms with Gasteiger partial charge < -0.3 is 15.0 Å². The van der Waals surface area contributed by atoms with Gasteiger partial charge in [-0.2, -0.15) is 0 Å². The molecule has 35 heavy (non-hydrogen) atoms. The van der Waals surface area contributed by atoms with Gasteiger partial charge in [0, 0.05) is 29.7 Å². The second-order valence-corrected chi connectivity index (χ2v) is 8.44. The number of nitrogens with one attached hydrogen (secondary N) is 3. The normalized spacial score (nSPS) is 11.2. The van der Waals surface area contributed by atoms with Crippen LogP contribution in [0, 0.1) is 0 Å². The molecule has 4 aromatic rings. The van der Waals surface area contributed by atoms with E-state index >= 15 is 0 Å². The van der Waals surface area contributed by atoms with Gasteiger partial charge in [-0.15, -0.1) is 0 Å². The Balaban J connectivity index is 1.23. The van der Waals surface area contributed by atoms with Gasteiger partial charge in [-0.3, -0.25) is 10.0 Å². The van der Waals surface area contributed by atoms with E-state index in [1.165, 1.54) is 28.2 Å². The number of carbonyl (C=O) groups is 1. The first-order valence-electron chi connectivity index (χ1n) is 11.9. The first-order valence-corrected chi connectivity index (χ1v) is 11.9. The molecule has 0 unspecified atom stereocenters. The zero-order valence-electron chi connectivity index (χ0n) is 19.7. The summed E-state index contributed by atoms with van der Waals surface area (Å²) in [7, 11) is 0. The van der Waals surface area contributed by atoms with Crippen LogP contribution in [-0.4, -0.2) is 29.3 Å². The minimum Gasteiger partial charge on any atom is -0.494 e. The molecule has 1 heterocycles. The van der Waals surface area contributed by atoms with Crippen LogP contribution < -0.4 is 15.5 Å². The molecule has 4 N–H and O–H groups in total. The number of aryl methyl sites for hydroxylation is 1. The minimum absolute atomic E-state index is 0.547. The van der Waals surface area contributed by atoms with Crippen molar-refractivity contribution in [3.05, 3.63) is 107 Å². The third-order valence-electron chi connectivity index (χ3n) is 5.88. The van der Waals surface area contributed by atoms with E-state index in [4.69, 9.17) is 9.94 Å². The number of H-pyrrole nitrogens is 1. The molecular weight excluding hydrogens is 438 g/mol. The maximum Gasteiger partial charge on any atom is 0.267 e. The third kappa shape index (κ3) is 7.30. The minimum atomic E-state index is -0.547. The largest absolute Gasteiger partial charge is 0.494 e. The van der Waals surface area contributed by atoms with Gasteiger partial charge in [-0.05, 0) is 72.3 Å². The van der Waals surface area contributed by atoms with Gasteiger partial charge in [0.15, 0.2) is 0 Å². The van der Waals surface area contributed by atoms with Gasteiger partial charge in [0.05, 0.1) is 6.61 Å². The van der Waals surface area contributed by atoms with E-state index in [-0.39, 0.29) is 0 Å². The molecule has 0 saturated heterocycles. The van der Waals surface area contributed by atoms with E-state index in [1.807, 2.05) is 36.4 Å². The van der Waals surface area contributed by atoms with Crippen molar-refractivity contribution in [2.75, 3.05) is 13.2 Å². The smallest absolute Gasteiger partial charge is 0.267 e. The summed E-state index contributed by atoms with van der Waals surface area (Å²) in [6.07, 6.45) is 7.94. The lowest BCUT2D eigenvalue weighted by molar-refractivity contribution is -0.124. The van der Waals surface area contributed by atoms with Crippen LogP contribution >= 0.6 is 0 Å². The molecule has 1 aromatic heterocycles. The van der Waals surface area contributed by atoms with Crippen molar-refractivity contribution in [2.24, 2.45) is 0 Å². The van der Waals surface area contributed by atoms with E-state index in [2.05, 4.69) is 52.9 Å². The summed E-state index contributed by atoms with van der Waals surface area (Å²) in [6.45, 7) is 2.32. The fourth-order valence-electron chi connectivity index (χ4n) is 3.98. The number of rotatable bonds is 12. The van der Waals surface area contributed by atoms with Gasteiger partial charge >= 0.3 is 0 Å². The molecule has 1 amide bonds. The Hall–Kier alpha value is -3.87. The number of hydrogen-bond donors (Lipinski definition) is 4. The lowest BCUT2D eigenvalue weighted by Gasteiger charge is -2.08. The van der Waals surface area contributed by atoms with Crippen molar-refractivity contribution in [1.82, 2.24) is 15.8 Å². The second kappa shape index (κ2) is 12.6. The first kappa shape index (κ1) is 24.3. The zero-order valence-corrected chi connectivity index (χ0v) is 19.7. The van der Waals surface area contributed by atoms with E-state index in [9.17, 15) is 4.79 Å². The van der Waals surface area contributed by atoms with Gasteiger partial charge in [0.1, 0.15) is 5.75 Å². The SMILES string of the molecule is O=C(/C=C/c1ccc(CNCCc2c[nH]c3ccc(OCCCc4ccccc4)cc23)cc1)NO. The fraction of sp³-hybridized carbons (Fsp3) is 0.207. The number of amides is 1. The van der Waals surface area contributed by atoms with Crippen molar-refractivity contribution >= 4 is 22.9 Å². The number of aromatic amines is 1. The fourth-order valence-corrected chi connectivity index (χ4v) is 3.98. The molecule has 6 nitrogen and oxygen atoms in total. The second-order valence-electron chi connectivity index (χ2n) is 8.44. The standard InChI is InChI=1S/C29H31N3O3/c33-29(32-34)15-12-23-8-10-24(11-9-23)20-30-17-16-25-21-31-28-14-13-26(19-27(25)28)35-18-4-7-22-5-2-1-3-6-22/h1-3,5-6,8-15,19,21,30-31,34H,4,7,16-18,20H2,(H,32,33)/b15-12+. The van der Waals surface area contributed by atoms with Crippen molar-refractivity contribution in [3.63, 3.8) is 0 Å². The molecule has 0 atom stereocenters. The molecule has 0 aliphatic heterocycles. The van der Waals surface area contributed by atoms with E-state index < -0.39 is 5.91 Å². The van der Waals surface area contributed by atoms with Crippen LogP contribution in [-0.2, 0) is 24.2 Å². The number of ether oxygens (including phenoxy) is 1. The Morgan fingerprint density at radius 2 is 1.80 bits per heavy atom. The Bertz CT molecular complexity index is 1250. The molecule has 0 radical (unpaired) electrons. The number of carbonyl (C=O) groups excluding carboxylic acids is 1. The van der Waals surface area contributed by atoms with Gasteiger partial charge in [0.2, 0.25) is 0 Å². The molecule has 4 rings (SSSR count). The first-order chi connectivity index (χ1) is 17.2. The Kier molecular flexibility index (Phi) is 8.70. The highest BCUT2D eigenvalue weighted by molar-refractivity contribution is 5.90. The van der Waals surface area contributed by atoms with Gasteiger partial charge in [0.25, 0.3) is 5.91 Å². The van der Waals surface area contributed by atoms with Crippen molar-refractivity contribution in [3.8, 4) is 5.75 Å². The molecule has 0 fully saturated rings. The predicted octanol–water partition coefficient (Wildman–Crippen LogP) is 5.03. The molecule has 0 saturated carbocycles. The lowest BCUT2D eigenvalue weighted by atomic mass is 10.1. The topological polar surface area (TPSA) is 86.4 Å². The number of hydrogen-bond acceptors (Lipinski definition) is 4. The maximum atomic E-state index is 11.1. The highest BCUT2D eigenvalue weighted by Crippen LogP contribution is 2.24. The Morgan fingerprint density at radius 1 is 0.971 bits per heavy atom. The van der Waals surface area contributed by atoms with Crippen LogP contribution in [0.5, 0.6) is 5.75 Å². The summed E-state index contributed by atoms with van der Waals surface area (Å²) < 4.78 is 6.02. The van der Waals surface area contributed by atoms with Gasteiger partial charge in [-0.1, -0.05) is 54.6 Å². The van der Waals surface area contributed by atoms with Gasteiger partial charge in [-0.25, -0.2) is 5.48 Å². The summed E-state index contributed by atoms with van der Waals surface area (Å²) in [5.41, 5.74) is 7.37. The quantitative estimate of drug-likeness (QED) is 0.101. The predicted molar refractivity (Wildman–Crippen MR) is 139 cm³/mol. The molecule has 0 aliphatic carbocycles. The summed E-state index contributed by atoms with van der Waals surface area (Å²) in [6, 6.07) is 24.7. The van der Waals surface area contributed by atoms with Crippen molar-refractivity contribution in [1.29, 1.82) is 0 Å². The summed E-state index contributed by atoms with van der Waals surface area (Å²) in [5, 5.41) is 13.2. The molecule has 3 aromatic carbocycles. The molecule has 0 aliphatic rings. The molecular formula is C29H31N3O3. The number of hydroxylamine groups is 1. The molecule has 0 bridgehead atoms. The number of benzene rings is 3. The summed E-state index contributed by atoms with van der Waals surface area (Å²) in [5.74, 6) is 0.361. The van der Waals surface area contributed by atoms with Crippen LogP contribution in [0.25, 0.3) is 17.0 Å². The van der Waals surface area contributed by atoms with E-state index in [1.54, 1.807) is 11.6 Å². The van der Waals surface area contributed by atoms with E-state index in [0.717, 1.165) is 49.2 Å². The monoisotopic (exact) mass is 469 g/mol. The highest BCUT2D eigenvalue weighted by Gasteiger charge is 2.06. The van der Waals surface area contributed by atoms with Crippen LogP contribution in [0.3, 0.4) is 0 Å². The number of fused-ring (bicyclic) bond motifs is 1.